The third-order valence-electron chi connectivity index (χ3n) is 7.41. The number of hydrogen-bond acceptors (Lipinski definition) is 7. The summed E-state index contributed by atoms with van der Waals surface area (Å²) in [4.78, 5) is 19.7. The maximum atomic E-state index is 14.9. The second kappa shape index (κ2) is 10.9. The lowest BCUT2D eigenvalue weighted by Gasteiger charge is -2.56. The molecular formula is C28H33FN4O3S. The van der Waals surface area contributed by atoms with Crippen LogP contribution in [0.15, 0.2) is 42.5 Å². The van der Waals surface area contributed by atoms with Crippen LogP contribution in [-0.4, -0.2) is 47.1 Å². The van der Waals surface area contributed by atoms with Crippen LogP contribution in [-0.2, 0) is 11.3 Å². The van der Waals surface area contributed by atoms with Crippen molar-refractivity contribution in [3.05, 3.63) is 65.1 Å². The predicted octanol–water partition coefficient (Wildman–Crippen LogP) is 5.24. The summed E-state index contributed by atoms with van der Waals surface area (Å²) >= 11 is 1.22. The molecule has 1 saturated heterocycles. The van der Waals surface area contributed by atoms with Gasteiger partial charge in [-0.15, -0.1) is 11.3 Å². The Kier molecular flexibility index (Phi) is 7.57. The number of carbonyl (C=O) groups excluding carboxylic acids is 1. The zero-order chi connectivity index (χ0) is 26.0. The second-order valence-electron chi connectivity index (χ2n) is 10.1. The molecule has 1 spiro atoms. The van der Waals surface area contributed by atoms with Crippen LogP contribution in [0.3, 0.4) is 0 Å². The molecule has 196 valence electrons. The Hall–Kier alpha value is -2.85. The van der Waals surface area contributed by atoms with Gasteiger partial charge in [-0.3, -0.25) is 9.69 Å². The summed E-state index contributed by atoms with van der Waals surface area (Å²) in [6, 6.07) is 11.8. The van der Waals surface area contributed by atoms with E-state index in [1.165, 1.54) is 49.8 Å². The number of thiophene rings is 1. The predicted molar refractivity (Wildman–Crippen MR) is 143 cm³/mol. The van der Waals surface area contributed by atoms with Crippen molar-refractivity contribution in [2.45, 2.75) is 45.3 Å². The topological polar surface area (TPSA) is 101 Å². The number of aliphatic hydroxyl groups is 1. The molecular weight excluding hydrogens is 491 g/mol. The molecule has 1 aliphatic carbocycles. The summed E-state index contributed by atoms with van der Waals surface area (Å²) in [7, 11) is 0. The van der Waals surface area contributed by atoms with Crippen LogP contribution in [0.1, 0.15) is 60.3 Å². The minimum absolute atomic E-state index is 0.263. The highest BCUT2D eigenvalue weighted by molar-refractivity contribution is 7.19. The molecule has 7 nitrogen and oxygen atoms in total. The number of aliphatic hydroxyl groups excluding tert-OH is 1. The first kappa shape index (κ1) is 25.8. The lowest BCUT2D eigenvalue weighted by molar-refractivity contribution is -0.0707. The van der Waals surface area contributed by atoms with Gasteiger partial charge >= 0.3 is 0 Å². The molecule has 2 aromatic heterocycles. The number of benzene rings is 1. The van der Waals surface area contributed by atoms with Crippen LogP contribution in [0.4, 0.5) is 15.2 Å². The fourth-order valence-electron chi connectivity index (χ4n) is 5.14. The first-order valence-corrected chi connectivity index (χ1v) is 13.6. The molecule has 5 rings (SSSR count). The zero-order valence-corrected chi connectivity index (χ0v) is 21.8. The number of carbonyl (C=O) groups is 1. The van der Waals surface area contributed by atoms with Crippen molar-refractivity contribution in [3.63, 3.8) is 0 Å². The molecule has 3 heterocycles. The smallest absolute Gasteiger partial charge is 0.251 e. The average Bonchev–Trinajstić information content (AvgIpc) is 3.25. The molecule has 37 heavy (non-hydrogen) atoms. The van der Waals surface area contributed by atoms with Crippen LogP contribution in [0.2, 0.25) is 0 Å². The normalized spacial score (nSPS) is 17.3. The zero-order valence-electron chi connectivity index (χ0n) is 21.0. The largest absolute Gasteiger partial charge is 0.388 e. The number of nitrogens with zero attached hydrogens (tertiary/aromatic N) is 2. The maximum absolute atomic E-state index is 14.9. The number of nitrogens with one attached hydrogen (secondary N) is 1. The van der Waals surface area contributed by atoms with Gasteiger partial charge < -0.3 is 20.9 Å². The van der Waals surface area contributed by atoms with E-state index >= 15 is 0 Å². The van der Waals surface area contributed by atoms with Crippen molar-refractivity contribution >= 4 is 28.1 Å². The van der Waals surface area contributed by atoms with Crippen LogP contribution in [0, 0.1) is 11.2 Å². The van der Waals surface area contributed by atoms with E-state index in [0.717, 1.165) is 12.2 Å². The SMILES string of the molecule is CCC(O)c1ccc(-c2cc(C(N)=O)c(Nc3cccc(COCCN4CC5(CCC5)C4)n3)s2)c(F)c1. The molecule has 1 saturated carbocycles. The van der Waals surface area contributed by atoms with Crippen molar-refractivity contribution in [2.75, 3.05) is 31.6 Å². The van der Waals surface area contributed by atoms with Gasteiger partial charge in [-0.05, 0) is 54.5 Å². The first-order valence-electron chi connectivity index (χ1n) is 12.8. The van der Waals surface area contributed by atoms with E-state index in [4.69, 9.17) is 10.5 Å². The maximum Gasteiger partial charge on any atom is 0.251 e. The fourth-order valence-corrected chi connectivity index (χ4v) is 6.24. The molecule has 1 aliphatic heterocycles. The van der Waals surface area contributed by atoms with Crippen LogP contribution >= 0.6 is 11.3 Å². The molecule has 3 aromatic rings. The van der Waals surface area contributed by atoms with E-state index in [1.54, 1.807) is 24.3 Å². The van der Waals surface area contributed by atoms with Crippen LogP contribution in [0.5, 0.6) is 0 Å². The molecule has 2 fully saturated rings. The lowest BCUT2D eigenvalue weighted by atomic mass is 9.63. The number of amides is 1. The molecule has 9 heteroatoms. The molecule has 1 atom stereocenters. The van der Waals surface area contributed by atoms with Gasteiger partial charge in [-0.1, -0.05) is 31.5 Å². The van der Waals surface area contributed by atoms with Crippen molar-refractivity contribution in [3.8, 4) is 10.4 Å². The summed E-state index contributed by atoms with van der Waals surface area (Å²) in [6.07, 6.45) is 3.90. The molecule has 0 radical (unpaired) electrons. The molecule has 2 aliphatic rings. The van der Waals surface area contributed by atoms with Gasteiger partial charge in [0.15, 0.2) is 0 Å². The number of rotatable bonds is 11. The van der Waals surface area contributed by atoms with E-state index in [0.29, 0.717) is 51.9 Å². The van der Waals surface area contributed by atoms with E-state index < -0.39 is 17.8 Å². The Bertz CT molecular complexity index is 1270. The number of halogens is 1. The average molecular weight is 525 g/mol. The summed E-state index contributed by atoms with van der Waals surface area (Å²) in [5.74, 6) is -0.529. The van der Waals surface area contributed by atoms with Gasteiger partial charge in [0.2, 0.25) is 0 Å². The Labute approximate surface area is 220 Å². The molecule has 4 N–H and O–H groups in total. The third kappa shape index (κ3) is 5.70. The van der Waals surface area contributed by atoms with Gasteiger partial charge in [0.05, 0.1) is 30.6 Å². The Morgan fingerprint density at radius 1 is 1.30 bits per heavy atom. The van der Waals surface area contributed by atoms with Crippen molar-refractivity contribution < 1.29 is 19.0 Å². The summed E-state index contributed by atoms with van der Waals surface area (Å²) in [5.41, 5.74) is 8.14. The number of primary amides is 1. The Morgan fingerprint density at radius 3 is 2.78 bits per heavy atom. The van der Waals surface area contributed by atoms with Gasteiger partial charge in [0.25, 0.3) is 5.91 Å². The summed E-state index contributed by atoms with van der Waals surface area (Å²) in [5, 5.41) is 13.7. The third-order valence-corrected chi connectivity index (χ3v) is 8.49. The highest BCUT2D eigenvalue weighted by atomic mass is 32.1. The number of ether oxygens (including phenoxy) is 1. The van der Waals surface area contributed by atoms with Gasteiger partial charge in [0.1, 0.15) is 16.6 Å². The number of pyridine rings is 1. The van der Waals surface area contributed by atoms with Crippen molar-refractivity contribution in [2.24, 2.45) is 11.1 Å². The number of likely N-dealkylation sites (tertiary alicyclic amines) is 1. The van der Waals surface area contributed by atoms with E-state index in [9.17, 15) is 14.3 Å². The summed E-state index contributed by atoms with van der Waals surface area (Å²) in [6.45, 7) is 6.23. The standard InChI is InChI=1S/C28H33FN4O3S/c1-2-23(34)18-7-8-20(22(29)13-18)24-14-21(26(30)35)27(37-24)32-25-6-3-5-19(31-25)15-36-12-11-33-16-28(17-33)9-4-10-28/h3,5-8,13-14,23,34H,2,4,9-12,15-17H2,1H3,(H2,30,35)(H,31,32). The number of aromatic nitrogens is 1. The number of anilines is 2. The molecule has 0 bridgehead atoms. The second-order valence-corrected chi connectivity index (χ2v) is 11.2. The van der Waals surface area contributed by atoms with Crippen LogP contribution < -0.4 is 11.1 Å². The fraction of sp³-hybridized carbons (Fsp3) is 0.429. The van der Waals surface area contributed by atoms with Crippen LogP contribution in [0.25, 0.3) is 10.4 Å². The minimum atomic E-state index is -0.720. The molecule has 1 aromatic carbocycles. The highest BCUT2D eigenvalue weighted by Crippen LogP contribution is 2.47. The minimum Gasteiger partial charge on any atom is -0.388 e. The van der Waals surface area contributed by atoms with Gasteiger partial charge in [-0.25, -0.2) is 9.37 Å². The first-order chi connectivity index (χ1) is 17.9. The number of hydrogen-bond donors (Lipinski definition) is 3. The Morgan fingerprint density at radius 2 is 2.11 bits per heavy atom. The molecule has 1 unspecified atom stereocenters. The van der Waals surface area contributed by atoms with Crippen molar-refractivity contribution in [1.82, 2.24) is 9.88 Å². The summed E-state index contributed by atoms with van der Waals surface area (Å²) < 4.78 is 20.7. The quantitative estimate of drug-likeness (QED) is 0.297. The van der Waals surface area contributed by atoms with E-state index in [1.807, 2.05) is 19.1 Å². The van der Waals surface area contributed by atoms with Crippen molar-refractivity contribution in [1.29, 1.82) is 0 Å². The number of nitrogens with two attached hydrogens (primary N) is 1. The van der Waals surface area contributed by atoms with Gasteiger partial charge in [0, 0.05) is 30.1 Å². The Balaban J connectivity index is 1.22. The lowest BCUT2D eigenvalue weighted by Crippen LogP contribution is -2.60. The van der Waals surface area contributed by atoms with E-state index in [-0.39, 0.29) is 5.56 Å². The molecule has 1 amide bonds. The highest BCUT2D eigenvalue weighted by Gasteiger charge is 2.46. The van der Waals surface area contributed by atoms with E-state index in [2.05, 4.69) is 15.2 Å². The van der Waals surface area contributed by atoms with Gasteiger partial charge in [-0.2, -0.15) is 0 Å². The monoisotopic (exact) mass is 524 g/mol.